The van der Waals surface area contributed by atoms with Crippen LogP contribution in [0.3, 0.4) is 0 Å². The van der Waals surface area contributed by atoms with E-state index >= 15 is 0 Å². The maximum absolute atomic E-state index is 11.3. The summed E-state index contributed by atoms with van der Waals surface area (Å²) in [5, 5.41) is 0. The van der Waals surface area contributed by atoms with Crippen LogP contribution in [-0.2, 0) is 6.54 Å². The molecule has 0 spiro atoms. The Morgan fingerprint density at radius 3 is 2.72 bits per heavy atom. The van der Waals surface area contributed by atoms with Crippen molar-refractivity contribution in [2.24, 2.45) is 5.73 Å². The molecule has 2 heterocycles. The van der Waals surface area contributed by atoms with E-state index < -0.39 is 5.91 Å². The van der Waals surface area contributed by atoms with Crippen molar-refractivity contribution >= 4 is 11.6 Å². The van der Waals surface area contributed by atoms with Gasteiger partial charge in [-0.15, -0.1) is 0 Å². The van der Waals surface area contributed by atoms with E-state index in [-0.39, 0.29) is 0 Å². The first-order valence-corrected chi connectivity index (χ1v) is 5.38. The van der Waals surface area contributed by atoms with E-state index in [2.05, 4.69) is 15.0 Å². The van der Waals surface area contributed by atoms with E-state index in [0.717, 1.165) is 11.4 Å². The Hall–Kier alpha value is -2.50. The highest BCUT2D eigenvalue weighted by Gasteiger charge is 2.12. The maximum atomic E-state index is 11.3. The molecule has 1 amide bonds. The summed E-state index contributed by atoms with van der Waals surface area (Å²) in [5.41, 5.74) is 7.24. The molecular weight excluding hydrogens is 230 g/mol. The third-order valence-corrected chi connectivity index (χ3v) is 2.49. The highest BCUT2D eigenvalue weighted by molar-refractivity contribution is 5.98. The topological polar surface area (TPSA) is 85.0 Å². The third-order valence-electron chi connectivity index (χ3n) is 2.49. The summed E-state index contributed by atoms with van der Waals surface area (Å²) >= 11 is 0. The fourth-order valence-electron chi connectivity index (χ4n) is 1.65. The number of carbonyl (C=O) groups is 1. The summed E-state index contributed by atoms with van der Waals surface area (Å²) in [4.78, 5) is 25.3. The number of rotatable bonds is 4. The molecule has 0 saturated heterocycles. The first-order chi connectivity index (χ1) is 8.68. The van der Waals surface area contributed by atoms with Gasteiger partial charge in [0.15, 0.2) is 0 Å². The lowest BCUT2D eigenvalue weighted by Gasteiger charge is -2.20. The average molecular weight is 243 g/mol. The van der Waals surface area contributed by atoms with Crippen LogP contribution in [0.1, 0.15) is 16.1 Å². The molecular formula is C12H13N5O. The van der Waals surface area contributed by atoms with Gasteiger partial charge >= 0.3 is 0 Å². The van der Waals surface area contributed by atoms with Crippen molar-refractivity contribution in [3.63, 3.8) is 0 Å². The van der Waals surface area contributed by atoms with Crippen molar-refractivity contribution in [1.29, 1.82) is 0 Å². The fraction of sp³-hybridized carbons (Fsp3) is 0.167. The molecule has 18 heavy (non-hydrogen) atoms. The van der Waals surface area contributed by atoms with E-state index in [1.807, 2.05) is 11.9 Å². The minimum atomic E-state index is -0.496. The summed E-state index contributed by atoms with van der Waals surface area (Å²) in [6, 6.07) is 1.75. The Kier molecular flexibility index (Phi) is 3.47. The summed E-state index contributed by atoms with van der Waals surface area (Å²) in [5.74, 6) is -0.496. The predicted molar refractivity (Wildman–Crippen MR) is 66.9 cm³/mol. The second-order valence-corrected chi connectivity index (χ2v) is 3.81. The summed E-state index contributed by atoms with van der Waals surface area (Å²) < 4.78 is 0. The van der Waals surface area contributed by atoms with Crippen LogP contribution < -0.4 is 10.6 Å². The van der Waals surface area contributed by atoms with Crippen LogP contribution in [0.2, 0.25) is 0 Å². The van der Waals surface area contributed by atoms with E-state index in [9.17, 15) is 4.79 Å². The first-order valence-electron chi connectivity index (χ1n) is 5.38. The number of amides is 1. The lowest BCUT2D eigenvalue weighted by molar-refractivity contribution is 0.100. The van der Waals surface area contributed by atoms with Crippen molar-refractivity contribution in [1.82, 2.24) is 15.0 Å². The molecule has 6 nitrogen and oxygen atoms in total. The van der Waals surface area contributed by atoms with Crippen molar-refractivity contribution < 1.29 is 4.79 Å². The minimum absolute atomic E-state index is 0.392. The molecule has 0 fully saturated rings. The fourth-order valence-corrected chi connectivity index (χ4v) is 1.65. The molecule has 0 unspecified atom stereocenters. The molecule has 2 aromatic rings. The third kappa shape index (κ3) is 2.60. The molecule has 0 bridgehead atoms. The molecule has 0 radical (unpaired) electrons. The number of aromatic nitrogens is 3. The molecule has 2 N–H and O–H groups in total. The number of hydrogen-bond acceptors (Lipinski definition) is 5. The lowest BCUT2D eigenvalue weighted by Crippen LogP contribution is -2.22. The van der Waals surface area contributed by atoms with Crippen LogP contribution >= 0.6 is 0 Å². The first kappa shape index (κ1) is 12.0. The van der Waals surface area contributed by atoms with Gasteiger partial charge in [0.1, 0.15) is 0 Å². The number of pyridine rings is 1. The van der Waals surface area contributed by atoms with Gasteiger partial charge in [-0.2, -0.15) is 0 Å². The zero-order valence-corrected chi connectivity index (χ0v) is 9.95. The van der Waals surface area contributed by atoms with Gasteiger partial charge in [-0.25, -0.2) is 0 Å². The second-order valence-electron chi connectivity index (χ2n) is 3.81. The van der Waals surface area contributed by atoms with Crippen molar-refractivity contribution in [3.05, 3.63) is 48.3 Å². The Labute approximate surface area is 105 Å². The van der Waals surface area contributed by atoms with Crippen molar-refractivity contribution in [2.45, 2.75) is 6.54 Å². The predicted octanol–water partition coefficient (Wildman–Crippen LogP) is 0.607. The number of primary amides is 1. The largest absolute Gasteiger partial charge is 0.368 e. The van der Waals surface area contributed by atoms with Crippen LogP contribution in [0, 0.1) is 0 Å². The molecule has 6 heteroatoms. The number of carbonyl (C=O) groups excluding carboxylic acids is 1. The van der Waals surface area contributed by atoms with Gasteiger partial charge in [-0.1, -0.05) is 0 Å². The van der Waals surface area contributed by atoms with Crippen LogP contribution in [0.4, 0.5) is 5.69 Å². The lowest BCUT2D eigenvalue weighted by atomic mass is 10.2. The van der Waals surface area contributed by atoms with Gasteiger partial charge in [-0.05, 0) is 6.07 Å². The van der Waals surface area contributed by atoms with Crippen LogP contribution in [-0.4, -0.2) is 27.9 Å². The van der Waals surface area contributed by atoms with Gasteiger partial charge in [0.2, 0.25) is 0 Å². The number of nitrogens with two attached hydrogens (primary N) is 1. The zero-order chi connectivity index (χ0) is 13.0. The van der Waals surface area contributed by atoms with Gasteiger partial charge in [0, 0.05) is 31.8 Å². The molecule has 0 atom stereocenters. The molecule has 2 aromatic heterocycles. The Morgan fingerprint density at radius 1 is 1.28 bits per heavy atom. The van der Waals surface area contributed by atoms with Crippen LogP contribution in [0.25, 0.3) is 0 Å². The minimum Gasteiger partial charge on any atom is -0.368 e. The smallest absolute Gasteiger partial charge is 0.252 e. The van der Waals surface area contributed by atoms with E-state index in [0.29, 0.717) is 12.1 Å². The van der Waals surface area contributed by atoms with Gasteiger partial charge in [0.25, 0.3) is 5.91 Å². The molecule has 0 saturated carbocycles. The quantitative estimate of drug-likeness (QED) is 0.850. The van der Waals surface area contributed by atoms with Gasteiger partial charge in [-0.3, -0.25) is 19.7 Å². The zero-order valence-electron chi connectivity index (χ0n) is 9.95. The highest BCUT2D eigenvalue weighted by Crippen LogP contribution is 2.18. The monoisotopic (exact) mass is 243 g/mol. The SMILES string of the molecule is CN(Cc1cnccn1)c1ccncc1C(N)=O. The van der Waals surface area contributed by atoms with Crippen molar-refractivity contribution in [2.75, 3.05) is 11.9 Å². The van der Waals surface area contributed by atoms with Crippen LogP contribution in [0.5, 0.6) is 0 Å². The normalized spacial score (nSPS) is 10.1. The number of hydrogen-bond donors (Lipinski definition) is 1. The Bertz CT molecular complexity index is 543. The van der Waals surface area contributed by atoms with Crippen LogP contribution in [0.15, 0.2) is 37.1 Å². The van der Waals surface area contributed by atoms with Crippen molar-refractivity contribution in [3.8, 4) is 0 Å². The molecule has 92 valence electrons. The molecule has 0 aliphatic carbocycles. The number of nitrogens with zero attached hydrogens (tertiary/aromatic N) is 4. The standard InChI is InChI=1S/C12H13N5O/c1-17(8-9-6-15-4-5-16-9)11-2-3-14-7-10(11)12(13)18/h2-7H,8H2,1H3,(H2,13,18). The van der Waals surface area contributed by atoms with Gasteiger partial charge < -0.3 is 10.6 Å². The summed E-state index contributed by atoms with van der Waals surface area (Å²) in [7, 11) is 1.86. The van der Waals surface area contributed by atoms with E-state index in [1.54, 1.807) is 30.9 Å². The molecule has 0 aliphatic heterocycles. The Morgan fingerprint density at radius 2 is 2.06 bits per heavy atom. The van der Waals surface area contributed by atoms with Gasteiger partial charge in [0.05, 0.1) is 29.7 Å². The maximum Gasteiger partial charge on any atom is 0.252 e. The van der Waals surface area contributed by atoms with E-state index in [1.165, 1.54) is 6.20 Å². The summed E-state index contributed by atoms with van der Waals surface area (Å²) in [6.45, 7) is 0.540. The highest BCUT2D eigenvalue weighted by atomic mass is 16.1. The van der Waals surface area contributed by atoms with E-state index in [4.69, 9.17) is 5.73 Å². The Balaban J connectivity index is 2.24. The molecule has 0 aromatic carbocycles. The molecule has 2 rings (SSSR count). The second kappa shape index (κ2) is 5.22. The average Bonchev–Trinajstić information content (AvgIpc) is 2.40. The number of anilines is 1. The summed E-state index contributed by atoms with van der Waals surface area (Å²) in [6.07, 6.45) is 8.01. The molecule has 0 aliphatic rings.